The van der Waals surface area contributed by atoms with E-state index in [0.717, 1.165) is 35.7 Å². The van der Waals surface area contributed by atoms with Crippen molar-refractivity contribution in [3.63, 3.8) is 0 Å². The van der Waals surface area contributed by atoms with Crippen LogP contribution in [0.15, 0.2) is 48.7 Å². The summed E-state index contributed by atoms with van der Waals surface area (Å²) in [5, 5.41) is 16.9. The minimum Gasteiger partial charge on any atom is -0.479 e. The predicted molar refractivity (Wildman–Crippen MR) is 172 cm³/mol. The number of hydrogen-bond donors (Lipinski definition) is 3. The van der Waals surface area contributed by atoms with Crippen LogP contribution >= 0.6 is 0 Å². The number of fused-ring (bicyclic) bond motifs is 5. The number of rotatable bonds is 4. The van der Waals surface area contributed by atoms with Crippen molar-refractivity contribution >= 4 is 34.8 Å². The standard InChI is InChI=1S/C35H45N5O6/c1-34(2,3)46-33(45)37-28-14-8-6-4-5-7-12-25-16-35(25,32(43)44)38-30(41)29-26-21-39(19-24(26)20-40(29)31(28)42)18-22-15-23-11-9-10-13-27(23)36-17-22/h7,9-13,15,17,24-26,28-29H,4-6,8,14,16,18-21H2,1-3H3,(H,37,45)(H,38,41)(H,43,44)/b12-7-/t24-,25+,26-,28+,29-,35+/m0/s1. The van der Waals surface area contributed by atoms with Crippen molar-refractivity contribution in [2.24, 2.45) is 17.8 Å². The number of benzene rings is 1. The van der Waals surface area contributed by atoms with Crippen LogP contribution < -0.4 is 10.6 Å². The second-order valence-corrected chi connectivity index (χ2v) is 14.4. The van der Waals surface area contributed by atoms with Crippen LogP contribution in [0.5, 0.6) is 0 Å². The second-order valence-electron chi connectivity index (χ2n) is 14.4. The molecule has 46 heavy (non-hydrogen) atoms. The lowest BCUT2D eigenvalue weighted by Crippen LogP contribution is -2.58. The van der Waals surface area contributed by atoms with Crippen molar-refractivity contribution < 1.29 is 29.0 Å². The van der Waals surface area contributed by atoms with Crippen molar-refractivity contribution in [3.05, 3.63) is 54.2 Å². The minimum atomic E-state index is -1.37. The summed E-state index contributed by atoms with van der Waals surface area (Å²) in [5.41, 5.74) is -0.107. The van der Waals surface area contributed by atoms with Crippen LogP contribution in [0.25, 0.3) is 10.9 Å². The fraction of sp³-hybridized carbons (Fsp3) is 0.571. The highest BCUT2D eigenvalue weighted by Gasteiger charge is 2.62. The number of allylic oxidation sites excluding steroid dienone is 1. The molecule has 1 aliphatic carbocycles. The van der Waals surface area contributed by atoms with Crippen molar-refractivity contribution in [1.82, 2.24) is 25.4 Å². The maximum atomic E-state index is 14.3. The van der Waals surface area contributed by atoms with Gasteiger partial charge in [0, 0.05) is 49.6 Å². The first-order valence-corrected chi connectivity index (χ1v) is 16.5. The molecule has 0 unspecified atom stereocenters. The smallest absolute Gasteiger partial charge is 0.408 e. The van der Waals surface area contributed by atoms with Crippen molar-refractivity contribution in [2.75, 3.05) is 19.6 Å². The molecule has 3 aliphatic heterocycles. The molecule has 3 N–H and O–H groups in total. The number of carboxylic acid groups (broad SMARTS) is 1. The number of aromatic nitrogens is 1. The topological polar surface area (TPSA) is 141 Å². The lowest BCUT2D eigenvalue weighted by Gasteiger charge is -2.33. The highest BCUT2D eigenvalue weighted by atomic mass is 16.6. The Balaban J connectivity index is 1.26. The van der Waals surface area contributed by atoms with E-state index in [2.05, 4.69) is 26.6 Å². The lowest BCUT2D eigenvalue weighted by molar-refractivity contribution is -0.146. The van der Waals surface area contributed by atoms with E-state index >= 15 is 0 Å². The monoisotopic (exact) mass is 631 g/mol. The number of para-hydroxylation sites is 1. The zero-order chi connectivity index (χ0) is 32.6. The van der Waals surface area contributed by atoms with Gasteiger partial charge in [0.05, 0.1) is 5.52 Å². The summed E-state index contributed by atoms with van der Waals surface area (Å²) >= 11 is 0. The number of pyridine rings is 1. The lowest BCUT2D eigenvalue weighted by atomic mass is 9.93. The zero-order valence-electron chi connectivity index (χ0n) is 26.9. The number of ether oxygens (including phenoxy) is 1. The van der Waals surface area contributed by atoms with Gasteiger partial charge >= 0.3 is 12.1 Å². The Morgan fingerprint density at radius 3 is 2.72 bits per heavy atom. The predicted octanol–water partition coefficient (Wildman–Crippen LogP) is 3.87. The molecule has 6 rings (SSSR count). The number of nitrogens with one attached hydrogen (secondary N) is 2. The molecule has 3 amide bonds. The number of alkyl carbamates (subject to hydrolysis) is 1. The SMILES string of the molecule is CC(C)(C)OC(=O)N[C@@H]1CCCCC/C=C\[C@@H]2C[C@@]2(C(=O)O)NC(=O)[C@@H]2[C@H]3CN(Cc4cnc5ccccc5c4)C[C@H]3CN2C1=O. The third-order valence-electron chi connectivity index (χ3n) is 9.81. The first kappa shape index (κ1) is 32.0. The Morgan fingerprint density at radius 2 is 1.93 bits per heavy atom. The molecule has 3 fully saturated rings. The first-order valence-electron chi connectivity index (χ1n) is 16.5. The first-order chi connectivity index (χ1) is 21.9. The molecular weight excluding hydrogens is 586 g/mol. The van der Waals surface area contributed by atoms with Crippen molar-refractivity contribution in [1.29, 1.82) is 0 Å². The fourth-order valence-corrected chi connectivity index (χ4v) is 7.50. The number of hydrogen-bond acceptors (Lipinski definition) is 7. The summed E-state index contributed by atoms with van der Waals surface area (Å²) in [7, 11) is 0. The highest BCUT2D eigenvalue weighted by Crippen LogP contribution is 2.46. The van der Waals surface area contributed by atoms with Crippen LogP contribution in [0.3, 0.4) is 0 Å². The highest BCUT2D eigenvalue weighted by molar-refractivity contribution is 5.96. The Labute approximate surface area is 269 Å². The number of carbonyl (C=O) groups excluding carboxylic acids is 3. The molecule has 0 spiro atoms. The van der Waals surface area contributed by atoms with E-state index in [0.29, 0.717) is 45.4 Å². The van der Waals surface area contributed by atoms with Crippen molar-refractivity contribution in [2.45, 2.75) is 89.1 Å². The van der Waals surface area contributed by atoms with E-state index in [-0.39, 0.29) is 23.7 Å². The largest absolute Gasteiger partial charge is 0.479 e. The van der Waals surface area contributed by atoms with E-state index in [4.69, 9.17) is 4.74 Å². The summed E-state index contributed by atoms with van der Waals surface area (Å²) in [4.78, 5) is 62.2. The number of amides is 3. The normalized spacial score (nSPS) is 31.1. The average molecular weight is 632 g/mol. The molecule has 11 heteroatoms. The fourth-order valence-electron chi connectivity index (χ4n) is 7.50. The van der Waals surface area contributed by atoms with E-state index in [1.54, 1.807) is 25.7 Å². The van der Waals surface area contributed by atoms with Crippen LogP contribution in [0.1, 0.15) is 64.9 Å². The Bertz CT molecular complexity index is 1540. The summed E-state index contributed by atoms with van der Waals surface area (Å²) in [6.45, 7) is 7.57. The molecule has 11 nitrogen and oxygen atoms in total. The maximum Gasteiger partial charge on any atom is 0.408 e. The van der Waals surface area contributed by atoms with Gasteiger partial charge in [-0.3, -0.25) is 19.5 Å². The Kier molecular flexibility index (Phi) is 8.80. The number of aliphatic carboxylic acids is 1. The molecule has 2 aromatic rings. The van der Waals surface area contributed by atoms with E-state index in [1.807, 2.05) is 42.6 Å². The van der Waals surface area contributed by atoms with Crippen LogP contribution in [0, 0.1) is 17.8 Å². The molecule has 4 aliphatic rings. The van der Waals surface area contributed by atoms with Gasteiger partial charge in [-0.25, -0.2) is 9.59 Å². The molecule has 1 aromatic heterocycles. The zero-order valence-corrected chi connectivity index (χ0v) is 26.9. The van der Waals surface area contributed by atoms with Gasteiger partial charge in [0.2, 0.25) is 11.8 Å². The molecule has 6 atom stereocenters. The van der Waals surface area contributed by atoms with Crippen molar-refractivity contribution in [3.8, 4) is 0 Å². The third kappa shape index (κ3) is 6.74. The number of carboxylic acids is 1. The van der Waals surface area contributed by atoms with E-state index in [9.17, 15) is 24.3 Å². The molecule has 0 radical (unpaired) electrons. The van der Waals surface area contributed by atoms with E-state index in [1.165, 1.54) is 0 Å². The minimum absolute atomic E-state index is 0.0184. The maximum absolute atomic E-state index is 14.3. The molecule has 246 valence electrons. The molecule has 1 aromatic carbocycles. The molecule has 4 heterocycles. The summed E-state index contributed by atoms with van der Waals surface area (Å²) in [6, 6.07) is 8.39. The average Bonchev–Trinajstić information content (AvgIpc) is 3.37. The van der Waals surface area contributed by atoms with Gasteiger partial charge in [-0.05, 0) is 70.1 Å². The summed E-state index contributed by atoms with van der Waals surface area (Å²) in [5.74, 6) is -2.29. The van der Waals surface area contributed by atoms with Gasteiger partial charge in [0.15, 0.2) is 0 Å². The van der Waals surface area contributed by atoms with Crippen LogP contribution in [-0.2, 0) is 25.7 Å². The van der Waals surface area contributed by atoms with Gasteiger partial charge in [-0.2, -0.15) is 0 Å². The van der Waals surface area contributed by atoms with Gasteiger partial charge < -0.3 is 25.4 Å². The summed E-state index contributed by atoms with van der Waals surface area (Å²) < 4.78 is 5.49. The van der Waals surface area contributed by atoms with Crippen LogP contribution in [0.4, 0.5) is 4.79 Å². The third-order valence-corrected chi connectivity index (χ3v) is 9.81. The van der Waals surface area contributed by atoms with Gasteiger partial charge in [0.25, 0.3) is 0 Å². The van der Waals surface area contributed by atoms with E-state index < -0.39 is 41.2 Å². The number of carbonyl (C=O) groups is 4. The quantitative estimate of drug-likeness (QED) is 0.432. The molecule has 2 saturated heterocycles. The number of likely N-dealkylation sites (tertiary alicyclic amines) is 1. The van der Waals surface area contributed by atoms with Crippen LogP contribution in [-0.4, -0.2) is 86.6 Å². The Morgan fingerprint density at radius 1 is 1.13 bits per heavy atom. The molecule has 1 saturated carbocycles. The second kappa shape index (κ2) is 12.7. The van der Waals surface area contributed by atoms with Crippen LogP contribution in [0.2, 0.25) is 0 Å². The number of nitrogens with zero attached hydrogens (tertiary/aromatic N) is 3. The molecule has 0 bridgehead atoms. The Hall–Kier alpha value is -3.99. The van der Waals surface area contributed by atoms with Gasteiger partial charge in [-0.1, -0.05) is 43.2 Å². The summed E-state index contributed by atoms with van der Waals surface area (Å²) in [6.07, 6.45) is 9.08. The molecular formula is C35H45N5O6. The van der Waals surface area contributed by atoms with Gasteiger partial charge in [0.1, 0.15) is 23.2 Å². The van der Waals surface area contributed by atoms with Gasteiger partial charge in [-0.15, -0.1) is 0 Å².